The highest BCUT2D eigenvalue weighted by atomic mass is 14.9. The Morgan fingerprint density at radius 1 is 1.29 bits per heavy atom. The molecular formula is C14H23N3. The third kappa shape index (κ3) is 3.35. The molecule has 1 aliphatic rings. The summed E-state index contributed by atoms with van der Waals surface area (Å²) in [6, 6.07) is 2.69. The van der Waals surface area contributed by atoms with Crippen LogP contribution < -0.4 is 10.6 Å². The molecule has 1 aromatic rings. The van der Waals surface area contributed by atoms with Gasteiger partial charge in [0.25, 0.3) is 0 Å². The molecule has 3 nitrogen and oxygen atoms in total. The summed E-state index contributed by atoms with van der Waals surface area (Å²) in [7, 11) is 0. The number of aromatic nitrogens is 1. The molecule has 1 saturated carbocycles. The minimum absolute atomic E-state index is 0.552. The second-order valence-electron chi connectivity index (χ2n) is 4.97. The highest BCUT2D eigenvalue weighted by Gasteiger charge is 2.21. The van der Waals surface area contributed by atoms with Crippen molar-refractivity contribution in [3.8, 4) is 0 Å². The van der Waals surface area contributed by atoms with Crippen LogP contribution in [-0.4, -0.2) is 17.6 Å². The van der Waals surface area contributed by atoms with Crippen LogP contribution in [0, 0.1) is 5.92 Å². The standard InChI is InChI=1S/C14H23N3/c1-3-16-13-8-14(10-15-9-13)17-11(2)12-6-4-5-7-12/h8-12,16-17H,3-7H2,1-2H3. The maximum atomic E-state index is 4.26. The predicted octanol–water partition coefficient (Wildman–Crippen LogP) is 3.50. The molecule has 3 heteroatoms. The first kappa shape index (κ1) is 12.2. The van der Waals surface area contributed by atoms with Gasteiger partial charge in [0.2, 0.25) is 0 Å². The van der Waals surface area contributed by atoms with E-state index in [0.717, 1.165) is 23.8 Å². The van der Waals surface area contributed by atoms with Crippen LogP contribution in [0.1, 0.15) is 39.5 Å². The molecule has 1 heterocycles. The van der Waals surface area contributed by atoms with Crippen molar-refractivity contribution in [1.29, 1.82) is 0 Å². The van der Waals surface area contributed by atoms with Gasteiger partial charge >= 0.3 is 0 Å². The van der Waals surface area contributed by atoms with Crippen molar-refractivity contribution in [3.63, 3.8) is 0 Å². The average Bonchev–Trinajstić information content (AvgIpc) is 2.83. The average molecular weight is 233 g/mol. The van der Waals surface area contributed by atoms with E-state index in [9.17, 15) is 0 Å². The lowest BCUT2D eigenvalue weighted by Crippen LogP contribution is -2.23. The van der Waals surface area contributed by atoms with Gasteiger partial charge in [0.05, 0.1) is 23.8 Å². The number of nitrogens with one attached hydrogen (secondary N) is 2. The minimum atomic E-state index is 0.552. The van der Waals surface area contributed by atoms with Gasteiger partial charge < -0.3 is 10.6 Å². The molecule has 2 rings (SSSR count). The molecule has 17 heavy (non-hydrogen) atoms. The Morgan fingerprint density at radius 2 is 2.00 bits per heavy atom. The van der Waals surface area contributed by atoms with E-state index in [2.05, 4.69) is 35.5 Å². The molecule has 0 spiro atoms. The molecule has 1 aromatic heterocycles. The second-order valence-corrected chi connectivity index (χ2v) is 4.97. The Balaban J connectivity index is 1.94. The molecule has 1 aliphatic carbocycles. The van der Waals surface area contributed by atoms with E-state index in [0.29, 0.717) is 6.04 Å². The lowest BCUT2D eigenvalue weighted by molar-refractivity contribution is 0.482. The third-order valence-corrected chi connectivity index (χ3v) is 3.62. The Bertz CT molecular complexity index is 345. The van der Waals surface area contributed by atoms with Crippen LogP contribution in [0.5, 0.6) is 0 Å². The monoisotopic (exact) mass is 233 g/mol. The third-order valence-electron chi connectivity index (χ3n) is 3.62. The zero-order valence-electron chi connectivity index (χ0n) is 10.9. The Morgan fingerprint density at radius 3 is 2.71 bits per heavy atom. The molecule has 0 aliphatic heterocycles. The van der Waals surface area contributed by atoms with Gasteiger partial charge in [0, 0.05) is 12.6 Å². The first-order valence-electron chi connectivity index (χ1n) is 6.75. The Hall–Kier alpha value is -1.25. The Labute approximate surface area is 104 Å². The van der Waals surface area contributed by atoms with Crippen LogP contribution >= 0.6 is 0 Å². The topological polar surface area (TPSA) is 37.0 Å². The van der Waals surface area contributed by atoms with E-state index in [1.807, 2.05) is 12.4 Å². The van der Waals surface area contributed by atoms with E-state index in [1.165, 1.54) is 25.7 Å². The smallest absolute Gasteiger partial charge is 0.0549 e. The van der Waals surface area contributed by atoms with E-state index < -0.39 is 0 Å². The SMILES string of the molecule is CCNc1cncc(NC(C)C2CCCC2)c1. The van der Waals surface area contributed by atoms with Crippen LogP contribution in [0.25, 0.3) is 0 Å². The van der Waals surface area contributed by atoms with E-state index >= 15 is 0 Å². The fourth-order valence-electron chi connectivity index (χ4n) is 2.66. The molecule has 2 N–H and O–H groups in total. The number of hydrogen-bond donors (Lipinski definition) is 2. The normalized spacial score (nSPS) is 18.0. The van der Waals surface area contributed by atoms with Crippen LogP contribution in [-0.2, 0) is 0 Å². The van der Waals surface area contributed by atoms with Crippen molar-refractivity contribution in [2.75, 3.05) is 17.2 Å². The maximum Gasteiger partial charge on any atom is 0.0549 e. The number of nitrogens with zero attached hydrogens (tertiary/aromatic N) is 1. The molecule has 1 atom stereocenters. The summed E-state index contributed by atoms with van der Waals surface area (Å²) in [4.78, 5) is 4.26. The molecule has 0 amide bonds. The van der Waals surface area contributed by atoms with Gasteiger partial charge in [-0.05, 0) is 38.7 Å². The van der Waals surface area contributed by atoms with Gasteiger partial charge in [0.1, 0.15) is 0 Å². The van der Waals surface area contributed by atoms with Crippen molar-refractivity contribution >= 4 is 11.4 Å². The summed E-state index contributed by atoms with van der Waals surface area (Å²) in [5.74, 6) is 0.831. The molecular weight excluding hydrogens is 210 g/mol. The fraction of sp³-hybridized carbons (Fsp3) is 0.643. The first-order valence-corrected chi connectivity index (χ1v) is 6.75. The van der Waals surface area contributed by atoms with Gasteiger partial charge in [-0.1, -0.05) is 12.8 Å². The maximum absolute atomic E-state index is 4.26. The summed E-state index contributed by atoms with van der Waals surface area (Å²) in [6.45, 7) is 5.32. The van der Waals surface area contributed by atoms with Gasteiger partial charge in [-0.25, -0.2) is 0 Å². The summed E-state index contributed by atoms with van der Waals surface area (Å²) in [5.41, 5.74) is 2.22. The summed E-state index contributed by atoms with van der Waals surface area (Å²) in [6.07, 6.45) is 9.31. The molecule has 94 valence electrons. The molecule has 0 saturated heterocycles. The minimum Gasteiger partial charge on any atom is -0.384 e. The van der Waals surface area contributed by atoms with Gasteiger partial charge in [0.15, 0.2) is 0 Å². The van der Waals surface area contributed by atoms with Gasteiger partial charge in [-0.3, -0.25) is 4.98 Å². The number of anilines is 2. The van der Waals surface area contributed by atoms with Crippen molar-refractivity contribution < 1.29 is 0 Å². The van der Waals surface area contributed by atoms with Crippen molar-refractivity contribution in [1.82, 2.24) is 4.98 Å². The summed E-state index contributed by atoms with van der Waals surface area (Å²) < 4.78 is 0. The Kier molecular flexibility index (Phi) is 4.24. The fourth-order valence-corrected chi connectivity index (χ4v) is 2.66. The molecule has 0 radical (unpaired) electrons. The molecule has 1 fully saturated rings. The summed E-state index contributed by atoms with van der Waals surface area (Å²) in [5, 5.41) is 6.87. The zero-order chi connectivity index (χ0) is 12.1. The van der Waals surface area contributed by atoms with Crippen molar-refractivity contribution in [3.05, 3.63) is 18.5 Å². The quantitative estimate of drug-likeness (QED) is 0.817. The largest absolute Gasteiger partial charge is 0.384 e. The molecule has 1 unspecified atom stereocenters. The second kappa shape index (κ2) is 5.89. The van der Waals surface area contributed by atoms with Crippen molar-refractivity contribution in [2.45, 2.75) is 45.6 Å². The summed E-state index contributed by atoms with van der Waals surface area (Å²) >= 11 is 0. The number of pyridine rings is 1. The predicted molar refractivity (Wildman–Crippen MR) is 73.4 cm³/mol. The van der Waals surface area contributed by atoms with Crippen LogP contribution in [0.3, 0.4) is 0 Å². The zero-order valence-corrected chi connectivity index (χ0v) is 10.9. The van der Waals surface area contributed by atoms with Crippen molar-refractivity contribution in [2.24, 2.45) is 5.92 Å². The highest BCUT2D eigenvalue weighted by Crippen LogP contribution is 2.29. The lowest BCUT2D eigenvalue weighted by atomic mass is 10.00. The van der Waals surface area contributed by atoms with Gasteiger partial charge in [-0.2, -0.15) is 0 Å². The highest BCUT2D eigenvalue weighted by molar-refractivity contribution is 5.54. The van der Waals surface area contributed by atoms with E-state index in [1.54, 1.807) is 0 Å². The molecule has 0 aromatic carbocycles. The van der Waals surface area contributed by atoms with Crippen LogP contribution in [0.2, 0.25) is 0 Å². The van der Waals surface area contributed by atoms with Crippen LogP contribution in [0.4, 0.5) is 11.4 Å². The molecule has 0 bridgehead atoms. The van der Waals surface area contributed by atoms with Crippen LogP contribution in [0.15, 0.2) is 18.5 Å². The first-order chi connectivity index (χ1) is 8.29. The van der Waals surface area contributed by atoms with Gasteiger partial charge in [-0.15, -0.1) is 0 Å². The lowest BCUT2D eigenvalue weighted by Gasteiger charge is -2.21. The van der Waals surface area contributed by atoms with E-state index in [-0.39, 0.29) is 0 Å². The number of rotatable bonds is 5. The number of hydrogen-bond acceptors (Lipinski definition) is 3. The van der Waals surface area contributed by atoms with E-state index in [4.69, 9.17) is 0 Å².